The first-order valence-corrected chi connectivity index (χ1v) is 17.5. The van der Waals surface area contributed by atoms with Gasteiger partial charge in [0, 0.05) is 24.0 Å². The summed E-state index contributed by atoms with van der Waals surface area (Å²) in [6.45, 7) is -0.298. The van der Waals surface area contributed by atoms with Crippen LogP contribution in [0.5, 0.6) is 0 Å². The molecule has 6 atom stereocenters. The van der Waals surface area contributed by atoms with E-state index < -0.39 is 48.7 Å². The average Bonchev–Trinajstić information content (AvgIpc) is 3.18. The molecule has 0 radical (unpaired) electrons. The summed E-state index contributed by atoms with van der Waals surface area (Å²) >= 11 is 0. The second kappa shape index (κ2) is 19.5. The molecule has 6 rings (SSSR count). The topological polar surface area (TPSA) is 105 Å². The number of carbonyl (C=O) groups is 4. The minimum atomic E-state index is -1.26. The summed E-state index contributed by atoms with van der Waals surface area (Å²) in [6, 6.07) is 34.9. The Morgan fingerprint density at radius 3 is 1.08 bits per heavy atom. The molecule has 0 bridgehead atoms. The summed E-state index contributed by atoms with van der Waals surface area (Å²) in [5, 5.41) is 0. The lowest BCUT2D eigenvalue weighted by atomic mass is 9.93. The van der Waals surface area contributed by atoms with Crippen LogP contribution in [0.3, 0.4) is 0 Å². The van der Waals surface area contributed by atoms with Gasteiger partial charge in [0.15, 0.2) is 11.6 Å². The number of esters is 2. The molecule has 8 nitrogen and oxygen atoms in total. The third kappa shape index (κ3) is 11.5. The molecule has 52 heavy (non-hydrogen) atoms. The van der Waals surface area contributed by atoms with E-state index in [1.54, 1.807) is 97.1 Å². The third-order valence-corrected chi connectivity index (χ3v) is 8.94. The van der Waals surface area contributed by atoms with Gasteiger partial charge < -0.3 is 18.9 Å². The number of benzene rings is 4. The van der Waals surface area contributed by atoms with E-state index in [0.717, 1.165) is 0 Å². The highest BCUT2D eigenvalue weighted by molar-refractivity contribution is 5.97. The predicted octanol–water partition coefficient (Wildman–Crippen LogP) is 8.00. The van der Waals surface area contributed by atoms with Crippen LogP contribution < -0.4 is 0 Å². The molecule has 0 heterocycles. The number of hydrogen-bond donors (Lipinski definition) is 0. The van der Waals surface area contributed by atoms with Crippen molar-refractivity contribution in [2.45, 2.75) is 75.3 Å². The van der Waals surface area contributed by atoms with Gasteiger partial charge in [0.05, 0.1) is 23.3 Å². The van der Waals surface area contributed by atoms with Gasteiger partial charge in [0.2, 0.25) is 0 Å². The van der Waals surface area contributed by atoms with Gasteiger partial charge in [0.25, 0.3) is 0 Å². The Bertz CT molecular complexity index is 1590. The van der Waals surface area contributed by atoms with Gasteiger partial charge in [-0.25, -0.2) is 18.4 Å². The maximum absolute atomic E-state index is 14.4. The van der Waals surface area contributed by atoms with E-state index >= 15 is 0 Å². The van der Waals surface area contributed by atoms with E-state index in [4.69, 9.17) is 18.9 Å². The number of ketones is 2. The number of Topliss-reactive ketones (excluding diaryl/α,β-unsaturated/α-hetero) is 2. The van der Waals surface area contributed by atoms with Gasteiger partial charge >= 0.3 is 11.9 Å². The first-order valence-electron chi connectivity index (χ1n) is 17.5. The molecule has 2 fully saturated rings. The fourth-order valence-corrected chi connectivity index (χ4v) is 6.06. The van der Waals surface area contributed by atoms with E-state index in [1.165, 1.54) is 0 Å². The first kappa shape index (κ1) is 38.2. The van der Waals surface area contributed by atoms with Crippen molar-refractivity contribution in [3.63, 3.8) is 0 Å². The molecule has 0 N–H and O–H groups in total. The number of hydrogen-bond acceptors (Lipinski definition) is 8. The van der Waals surface area contributed by atoms with Gasteiger partial charge in [0.1, 0.15) is 37.8 Å². The zero-order valence-corrected chi connectivity index (χ0v) is 28.7. The van der Waals surface area contributed by atoms with Crippen LogP contribution in [-0.2, 0) is 18.9 Å². The molecule has 2 saturated carbocycles. The molecular formula is C42H42F2O8. The number of carbonyl (C=O) groups excluding carboxylic acids is 4. The summed E-state index contributed by atoms with van der Waals surface area (Å²) in [4.78, 5) is 48.2. The van der Waals surface area contributed by atoms with Crippen molar-refractivity contribution in [2.75, 3.05) is 13.2 Å². The van der Waals surface area contributed by atoms with Crippen LogP contribution in [0.1, 0.15) is 80.0 Å². The van der Waals surface area contributed by atoms with Crippen LogP contribution >= 0.6 is 0 Å². The van der Waals surface area contributed by atoms with Gasteiger partial charge in [-0.1, -0.05) is 97.1 Å². The lowest BCUT2D eigenvalue weighted by Crippen LogP contribution is -2.38. The molecule has 2 aliphatic rings. The minimum absolute atomic E-state index is 0.0861. The number of ether oxygens (including phenoxy) is 4. The van der Waals surface area contributed by atoms with Gasteiger partial charge in [-0.3, -0.25) is 9.59 Å². The van der Waals surface area contributed by atoms with Gasteiger partial charge in [-0.15, -0.1) is 0 Å². The Morgan fingerprint density at radius 2 is 0.769 bits per heavy atom. The second-order valence-electron chi connectivity index (χ2n) is 12.7. The van der Waals surface area contributed by atoms with E-state index in [9.17, 15) is 28.0 Å². The predicted molar refractivity (Wildman–Crippen MR) is 190 cm³/mol. The summed E-state index contributed by atoms with van der Waals surface area (Å²) in [7, 11) is 0. The Hall–Kier alpha value is -5.06. The summed E-state index contributed by atoms with van der Waals surface area (Å²) < 4.78 is 50.5. The zero-order chi connectivity index (χ0) is 36.7. The number of alkyl halides is 2. The standard InChI is InChI=1S/2C21H21FO4/c2*22-18-13-17(26-21(24)16-9-5-2-6-10-16)11-12-20(18)25-14-19(23)15-7-3-1-4-8-15/h2*1-10,17-18,20H,11-14H2/t17-,18+,20+;17-,18+,20-/m11/s1. The molecule has 10 heteroatoms. The molecule has 4 aromatic carbocycles. The fourth-order valence-electron chi connectivity index (χ4n) is 6.06. The quantitative estimate of drug-likeness (QED) is 0.108. The highest BCUT2D eigenvalue weighted by atomic mass is 19.1. The lowest BCUT2D eigenvalue weighted by molar-refractivity contribution is -0.0557. The van der Waals surface area contributed by atoms with Gasteiger partial charge in [-0.05, 0) is 49.9 Å². The normalized spacial score (nSPS) is 22.6. The van der Waals surface area contributed by atoms with Crippen molar-refractivity contribution < 1.29 is 46.9 Å². The first-order chi connectivity index (χ1) is 25.3. The highest BCUT2D eigenvalue weighted by Gasteiger charge is 2.35. The monoisotopic (exact) mass is 712 g/mol. The molecule has 4 aromatic rings. The van der Waals surface area contributed by atoms with E-state index in [1.807, 2.05) is 24.3 Å². The van der Waals surface area contributed by atoms with Crippen LogP contribution in [0.15, 0.2) is 121 Å². The molecule has 272 valence electrons. The van der Waals surface area contributed by atoms with Crippen LogP contribution in [-0.4, -0.2) is 73.5 Å². The van der Waals surface area contributed by atoms with Crippen LogP contribution in [0, 0.1) is 0 Å². The Morgan fingerprint density at radius 1 is 0.462 bits per heavy atom. The van der Waals surface area contributed by atoms with Crippen molar-refractivity contribution >= 4 is 23.5 Å². The highest BCUT2D eigenvalue weighted by Crippen LogP contribution is 2.28. The molecule has 2 aliphatic carbocycles. The smallest absolute Gasteiger partial charge is 0.338 e. The molecule has 0 unspecified atom stereocenters. The number of halogens is 2. The molecule has 0 aliphatic heterocycles. The minimum Gasteiger partial charge on any atom is -0.459 e. The zero-order valence-electron chi connectivity index (χ0n) is 28.7. The summed E-state index contributed by atoms with van der Waals surface area (Å²) in [5.74, 6) is -1.23. The van der Waals surface area contributed by atoms with E-state index in [-0.39, 0.29) is 37.6 Å². The van der Waals surface area contributed by atoms with E-state index in [2.05, 4.69) is 0 Å². The van der Waals surface area contributed by atoms with Crippen molar-refractivity contribution in [1.29, 1.82) is 0 Å². The second-order valence-corrected chi connectivity index (χ2v) is 12.7. The maximum atomic E-state index is 14.4. The summed E-state index contributed by atoms with van der Waals surface area (Å²) in [5.41, 5.74) is 2.01. The van der Waals surface area contributed by atoms with Gasteiger partial charge in [-0.2, -0.15) is 0 Å². The molecule has 0 amide bonds. The lowest BCUT2D eigenvalue weighted by Gasteiger charge is -2.31. The van der Waals surface area contributed by atoms with Crippen molar-refractivity contribution in [3.05, 3.63) is 144 Å². The summed E-state index contributed by atoms with van der Waals surface area (Å²) in [6.07, 6.45) is -2.72. The van der Waals surface area contributed by atoms with Crippen LogP contribution in [0.2, 0.25) is 0 Å². The van der Waals surface area contributed by atoms with Crippen molar-refractivity contribution in [3.8, 4) is 0 Å². The Labute approximate surface area is 302 Å². The van der Waals surface area contributed by atoms with Crippen molar-refractivity contribution in [2.24, 2.45) is 0 Å². The van der Waals surface area contributed by atoms with E-state index in [0.29, 0.717) is 47.9 Å². The SMILES string of the molecule is O=C(CO[C@@H]1CC[C@@H](OC(=O)c2ccccc2)C[C@@H]1F)c1ccccc1.O=C(CO[C@H]1CC[C@@H](OC(=O)c2ccccc2)C[C@@H]1F)c1ccccc1. The molecule has 0 saturated heterocycles. The average molecular weight is 713 g/mol. The fraction of sp³-hybridized carbons (Fsp3) is 0.333. The number of rotatable bonds is 12. The molecule has 0 aromatic heterocycles. The van der Waals surface area contributed by atoms with Crippen molar-refractivity contribution in [1.82, 2.24) is 0 Å². The molecular weight excluding hydrogens is 670 g/mol. The van der Waals surface area contributed by atoms with Crippen LogP contribution in [0.25, 0.3) is 0 Å². The molecule has 0 spiro atoms. The Balaban J connectivity index is 0.000000201. The largest absolute Gasteiger partial charge is 0.459 e. The van der Waals surface area contributed by atoms with Crippen LogP contribution in [0.4, 0.5) is 8.78 Å². The Kier molecular flexibility index (Phi) is 14.3. The third-order valence-electron chi connectivity index (χ3n) is 8.94. The maximum Gasteiger partial charge on any atom is 0.338 e.